The van der Waals surface area contributed by atoms with Crippen molar-refractivity contribution in [3.63, 3.8) is 0 Å². The molecule has 24 heavy (non-hydrogen) atoms. The Balaban J connectivity index is 2.17. The molecule has 1 aliphatic rings. The predicted octanol–water partition coefficient (Wildman–Crippen LogP) is 4.69. The average molecular weight is 354 g/mol. The number of benzene rings is 1. The van der Waals surface area contributed by atoms with E-state index in [2.05, 4.69) is 6.92 Å². The minimum absolute atomic E-state index is 0.0414. The molecule has 1 fully saturated rings. The molecule has 0 aliphatic carbocycles. The molecule has 0 N–H and O–H groups in total. The van der Waals surface area contributed by atoms with Crippen LogP contribution in [0.4, 0.5) is 4.79 Å². The molecule has 2 rings (SSSR count). The zero-order valence-electron chi connectivity index (χ0n) is 15.3. The highest BCUT2D eigenvalue weighted by atomic mass is 35.5. The summed E-state index contributed by atoms with van der Waals surface area (Å²) < 4.78 is 11.3. The third-order valence-corrected chi connectivity index (χ3v) is 4.75. The van der Waals surface area contributed by atoms with Crippen molar-refractivity contribution in [2.45, 2.75) is 64.2 Å². The van der Waals surface area contributed by atoms with E-state index in [9.17, 15) is 4.79 Å². The van der Waals surface area contributed by atoms with Crippen molar-refractivity contribution in [3.8, 4) is 0 Å². The molecule has 5 heteroatoms. The zero-order valence-corrected chi connectivity index (χ0v) is 16.0. The highest BCUT2D eigenvalue weighted by molar-refractivity contribution is 6.30. The van der Waals surface area contributed by atoms with E-state index in [0.717, 1.165) is 24.8 Å². The molecule has 0 aromatic heterocycles. The molecule has 2 atom stereocenters. The number of halogens is 1. The zero-order chi connectivity index (χ0) is 18.0. The van der Waals surface area contributed by atoms with Crippen LogP contribution in [0.1, 0.15) is 46.1 Å². The third-order valence-electron chi connectivity index (χ3n) is 4.50. The molecular weight excluding hydrogens is 326 g/mol. The van der Waals surface area contributed by atoms with Gasteiger partial charge in [0.15, 0.2) is 0 Å². The van der Waals surface area contributed by atoms with Gasteiger partial charge < -0.3 is 14.4 Å². The van der Waals surface area contributed by atoms with Crippen LogP contribution in [0.25, 0.3) is 0 Å². The van der Waals surface area contributed by atoms with Gasteiger partial charge in [-0.05, 0) is 64.7 Å². The molecule has 0 spiro atoms. The van der Waals surface area contributed by atoms with Crippen molar-refractivity contribution in [2.24, 2.45) is 0 Å². The Labute approximate surface area is 150 Å². The van der Waals surface area contributed by atoms with E-state index >= 15 is 0 Å². The first-order valence-corrected chi connectivity index (χ1v) is 8.79. The summed E-state index contributed by atoms with van der Waals surface area (Å²) in [6, 6.07) is 7.82. The fourth-order valence-electron chi connectivity index (χ4n) is 3.07. The lowest BCUT2D eigenvalue weighted by molar-refractivity contribution is -0.0675. The lowest BCUT2D eigenvalue weighted by Gasteiger charge is -2.44. The Morgan fingerprint density at radius 1 is 1.33 bits per heavy atom. The number of likely N-dealkylation sites (tertiary alicyclic amines) is 1. The lowest BCUT2D eigenvalue weighted by atomic mass is 9.85. The minimum atomic E-state index is -0.496. The fourth-order valence-corrected chi connectivity index (χ4v) is 3.20. The molecule has 0 radical (unpaired) electrons. The molecular formula is C19H28ClNO3. The van der Waals surface area contributed by atoms with Gasteiger partial charge in [-0.1, -0.05) is 23.7 Å². The van der Waals surface area contributed by atoms with Gasteiger partial charge in [-0.25, -0.2) is 4.79 Å². The molecule has 134 valence electrons. The van der Waals surface area contributed by atoms with Crippen molar-refractivity contribution >= 4 is 17.7 Å². The Morgan fingerprint density at radius 2 is 1.96 bits per heavy atom. The van der Waals surface area contributed by atoms with E-state index in [-0.39, 0.29) is 17.7 Å². The fraction of sp³-hybridized carbons (Fsp3) is 0.632. The maximum atomic E-state index is 12.6. The summed E-state index contributed by atoms with van der Waals surface area (Å²) in [5.74, 6) is 0. The number of carbonyl (C=O) groups is 1. The maximum Gasteiger partial charge on any atom is 0.410 e. The van der Waals surface area contributed by atoms with Gasteiger partial charge >= 0.3 is 6.09 Å². The van der Waals surface area contributed by atoms with Gasteiger partial charge in [0.1, 0.15) is 5.60 Å². The van der Waals surface area contributed by atoms with Crippen molar-refractivity contribution in [1.29, 1.82) is 0 Å². The summed E-state index contributed by atoms with van der Waals surface area (Å²) in [5, 5.41) is 0.716. The number of hydrogen-bond acceptors (Lipinski definition) is 3. The van der Waals surface area contributed by atoms with E-state index in [1.807, 2.05) is 49.9 Å². The Bertz CT molecular complexity index is 567. The number of carbonyl (C=O) groups excluding carboxylic acids is 1. The molecule has 0 saturated carbocycles. The van der Waals surface area contributed by atoms with Gasteiger partial charge in [0.25, 0.3) is 0 Å². The first-order valence-electron chi connectivity index (χ1n) is 8.41. The first kappa shape index (κ1) is 19.1. The number of methoxy groups -OCH3 is 1. The minimum Gasteiger partial charge on any atom is -0.444 e. The van der Waals surface area contributed by atoms with Crippen molar-refractivity contribution < 1.29 is 14.3 Å². The van der Waals surface area contributed by atoms with Gasteiger partial charge in [0.05, 0.1) is 5.60 Å². The summed E-state index contributed by atoms with van der Waals surface area (Å²) in [4.78, 5) is 14.5. The number of piperidine rings is 1. The molecule has 1 heterocycles. The van der Waals surface area contributed by atoms with Gasteiger partial charge in [-0.3, -0.25) is 0 Å². The van der Waals surface area contributed by atoms with Gasteiger partial charge in [-0.15, -0.1) is 0 Å². The van der Waals surface area contributed by atoms with Crippen LogP contribution in [-0.4, -0.2) is 41.9 Å². The van der Waals surface area contributed by atoms with Crippen LogP contribution in [-0.2, 0) is 15.9 Å². The highest BCUT2D eigenvalue weighted by Crippen LogP contribution is 2.32. The average Bonchev–Trinajstić information content (AvgIpc) is 2.48. The van der Waals surface area contributed by atoms with Crippen LogP contribution < -0.4 is 0 Å². The molecule has 1 aliphatic heterocycles. The second-order valence-electron chi connectivity index (χ2n) is 7.77. The van der Waals surface area contributed by atoms with E-state index < -0.39 is 5.60 Å². The number of amides is 1. The molecule has 1 saturated heterocycles. The van der Waals surface area contributed by atoms with E-state index in [4.69, 9.17) is 21.1 Å². The van der Waals surface area contributed by atoms with Crippen LogP contribution in [0.15, 0.2) is 24.3 Å². The normalized spacial score (nSPS) is 24.8. The quantitative estimate of drug-likeness (QED) is 0.791. The summed E-state index contributed by atoms with van der Waals surface area (Å²) in [6.45, 7) is 8.42. The Hall–Kier alpha value is -1.26. The van der Waals surface area contributed by atoms with E-state index in [1.54, 1.807) is 7.11 Å². The number of hydrogen-bond donors (Lipinski definition) is 0. The van der Waals surface area contributed by atoms with Crippen LogP contribution >= 0.6 is 11.6 Å². The first-order chi connectivity index (χ1) is 11.1. The van der Waals surface area contributed by atoms with Gasteiger partial charge in [0, 0.05) is 24.7 Å². The van der Waals surface area contributed by atoms with Crippen molar-refractivity contribution in [1.82, 2.24) is 4.90 Å². The Kier molecular flexibility index (Phi) is 5.82. The summed E-state index contributed by atoms with van der Waals surface area (Å²) in [5.41, 5.74) is 0.442. The number of nitrogens with zero attached hydrogens (tertiary/aromatic N) is 1. The Morgan fingerprint density at radius 3 is 2.50 bits per heavy atom. The second kappa shape index (κ2) is 7.32. The molecule has 1 amide bonds. The van der Waals surface area contributed by atoms with Crippen LogP contribution in [0.2, 0.25) is 5.02 Å². The summed E-state index contributed by atoms with van der Waals surface area (Å²) in [7, 11) is 1.74. The molecule has 1 unspecified atom stereocenters. The molecule has 0 bridgehead atoms. The highest BCUT2D eigenvalue weighted by Gasteiger charge is 2.40. The SMILES string of the molecule is COC1(C)CCN(C(=O)OC(C)(C)C)[C@@H](Cc2ccc(Cl)cc2)C1. The standard InChI is InChI=1S/C19H28ClNO3/c1-18(2,3)24-17(22)21-11-10-19(4,23-5)13-16(21)12-14-6-8-15(20)9-7-14/h6-9,16H,10-13H2,1-5H3/t16-,19?/m0/s1. The number of ether oxygens (including phenoxy) is 2. The molecule has 4 nitrogen and oxygen atoms in total. The predicted molar refractivity (Wildman–Crippen MR) is 96.5 cm³/mol. The smallest absolute Gasteiger partial charge is 0.410 e. The molecule has 1 aromatic carbocycles. The van der Waals surface area contributed by atoms with Crippen molar-refractivity contribution in [3.05, 3.63) is 34.9 Å². The van der Waals surface area contributed by atoms with Crippen LogP contribution in [0, 0.1) is 0 Å². The van der Waals surface area contributed by atoms with E-state index in [0.29, 0.717) is 11.6 Å². The maximum absolute atomic E-state index is 12.6. The topological polar surface area (TPSA) is 38.8 Å². The van der Waals surface area contributed by atoms with Crippen LogP contribution in [0.3, 0.4) is 0 Å². The van der Waals surface area contributed by atoms with E-state index in [1.165, 1.54) is 0 Å². The largest absolute Gasteiger partial charge is 0.444 e. The second-order valence-corrected chi connectivity index (χ2v) is 8.20. The van der Waals surface area contributed by atoms with Gasteiger partial charge in [0.2, 0.25) is 0 Å². The van der Waals surface area contributed by atoms with Crippen LogP contribution in [0.5, 0.6) is 0 Å². The third kappa shape index (κ3) is 5.12. The lowest BCUT2D eigenvalue weighted by Crippen LogP contribution is -2.54. The van der Waals surface area contributed by atoms with Gasteiger partial charge in [-0.2, -0.15) is 0 Å². The summed E-state index contributed by atoms with van der Waals surface area (Å²) in [6.07, 6.45) is 2.10. The van der Waals surface area contributed by atoms with Crippen molar-refractivity contribution in [2.75, 3.05) is 13.7 Å². The summed E-state index contributed by atoms with van der Waals surface area (Å²) >= 11 is 5.97. The molecule has 1 aromatic rings. The monoisotopic (exact) mass is 353 g/mol. The number of rotatable bonds is 3.